The Labute approximate surface area is 173 Å². The molecule has 7 unspecified atom stereocenters. The lowest BCUT2D eigenvalue weighted by molar-refractivity contribution is -0.133. The van der Waals surface area contributed by atoms with E-state index in [0.717, 1.165) is 17.8 Å². The minimum Gasteiger partial charge on any atom is -0.295 e. The van der Waals surface area contributed by atoms with E-state index < -0.39 is 0 Å². The summed E-state index contributed by atoms with van der Waals surface area (Å²) in [7, 11) is 0. The van der Waals surface area contributed by atoms with Crippen molar-refractivity contribution in [1.29, 1.82) is 0 Å². The quantitative estimate of drug-likeness (QED) is 0.485. The van der Waals surface area contributed by atoms with Crippen molar-refractivity contribution < 1.29 is 4.79 Å². The molecule has 0 aliphatic heterocycles. The Morgan fingerprint density at radius 1 is 1.04 bits per heavy atom. The highest BCUT2D eigenvalue weighted by molar-refractivity contribution is 5.95. The lowest BCUT2D eigenvalue weighted by Crippen LogP contribution is -2.52. The molecule has 4 aliphatic rings. The molecule has 0 aromatic heterocycles. The van der Waals surface area contributed by atoms with Gasteiger partial charge in [0.15, 0.2) is 5.78 Å². The van der Waals surface area contributed by atoms with Gasteiger partial charge in [0.2, 0.25) is 0 Å². The second-order valence-electron chi connectivity index (χ2n) is 11.6. The molecule has 2 saturated carbocycles. The van der Waals surface area contributed by atoms with Crippen molar-refractivity contribution in [2.75, 3.05) is 0 Å². The molecule has 0 aromatic carbocycles. The summed E-state index contributed by atoms with van der Waals surface area (Å²) in [6, 6.07) is 0. The van der Waals surface area contributed by atoms with Crippen LogP contribution >= 0.6 is 0 Å². The fourth-order valence-corrected chi connectivity index (χ4v) is 8.07. The second-order valence-corrected chi connectivity index (χ2v) is 11.6. The molecule has 156 valence electrons. The third-order valence-electron chi connectivity index (χ3n) is 9.70. The van der Waals surface area contributed by atoms with Crippen molar-refractivity contribution in [1.82, 2.24) is 0 Å². The van der Waals surface area contributed by atoms with Gasteiger partial charge in [0.25, 0.3) is 0 Å². The molecular weight excluding hydrogens is 340 g/mol. The fraction of sp³-hybridized carbons (Fsp3) is 0.815. The summed E-state index contributed by atoms with van der Waals surface area (Å²) in [4.78, 5) is 13.3. The third-order valence-corrected chi connectivity index (χ3v) is 9.70. The SMILES string of the molecule is CC(C)CCCC(C)C1CCC2C3C(=O)C=C4C=CCCC4(C)C3CCC12C. The Balaban J connectivity index is 1.55. The zero-order chi connectivity index (χ0) is 20.1. The molecular formula is C27H42O. The molecule has 4 rings (SSSR count). The average Bonchev–Trinajstić information content (AvgIpc) is 2.99. The molecule has 0 saturated heterocycles. The van der Waals surface area contributed by atoms with E-state index in [9.17, 15) is 4.79 Å². The van der Waals surface area contributed by atoms with Crippen molar-refractivity contribution in [2.45, 2.75) is 92.4 Å². The van der Waals surface area contributed by atoms with E-state index in [4.69, 9.17) is 0 Å². The van der Waals surface area contributed by atoms with Gasteiger partial charge < -0.3 is 0 Å². The average molecular weight is 383 g/mol. The van der Waals surface area contributed by atoms with Crippen LogP contribution in [0, 0.1) is 46.3 Å². The van der Waals surface area contributed by atoms with Crippen molar-refractivity contribution in [3.8, 4) is 0 Å². The summed E-state index contributed by atoms with van der Waals surface area (Å²) < 4.78 is 0. The van der Waals surface area contributed by atoms with Gasteiger partial charge in [-0.25, -0.2) is 0 Å². The van der Waals surface area contributed by atoms with Crippen LogP contribution in [-0.2, 0) is 4.79 Å². The van der Waals surface area contributed by atoms with Gasteiger partial charge in [0.1, 0.15) is 0 Å². The number of hydrogen-bond donors (Lipinski definition) is 0. The fourth-order valence-electron chi connectivity index (χ4n) is 8.07. The van der Waals surface area contributed by atoms with Crippen LogP contribution in [0.25, 0.3) is 0 Å². The van der Waals surface area contributed by atoms with Crippen molar-refractivity contribution >= 4 is 5.78 Å². The first kappa shape index (κ1) is 20.4. The molecule has 28 heavy (non-hydrogen) atoms. The topological polar surface area (TPSA) is 17.1 Å². The molecule has 0 aromatic rings. The summed E-state index contributed by atoms with van der Waals surface area (Å²) in [5, 5.41) is 0. The molecule has 0 radical (unpaired) electrons. The smallest absolute Gasteiger partial charge is 0.159 e. The van der Waals surface area contributed by atoms with Gasteiger partial charge in [-0.15, -0.1) is 0 Å². The maximum absolute atomic E-state index is 13.3. The molecule has 1 nitrogen and oxygen atoms in total. The predicted molar refractivity (Wildman–Crippen MR) is 118 cm³/mol. The zero-order valence-corrected chi connectivity index (χ0v) is 19.0. The normalized spacial score (nSPS) is 43.4. The van der Waals surface area contributed by atoms with Gasteiger partial charge in [0, 0.05) is 5.92 Å². The Bertz CT molecular complexity index is 670. The van der Waals surface area contributed by atoms with E-state index in [1.807, 2.05) is 0 Å². The molecule has 0 bridgehead atoms. The van der Waals surface area contributed by atoms with Crippen LogP contribution in [0.1, 0.15) is 92.4 Å². The molecule has 0 spiro atoms. The molecule has 0 N–H and O–H groups in total. The van der Waals surface area contributed by atoms with Crippen LogP contribution in [0.5, 0.6) is 0 Å². The minimum atomic E-state index is 0.246. The molecule has 4 aliphatic carbocycles. The van der Waals surface area contributed by atoms with Gasteiger partial charge in [-0.1, -0.05) is 66.0 Å². The summed E-state index contributed by atoms with van der Waals surface area (Å²) >= 11 is 0. The van der Waals surface area contributed by atoms with Crippen LogP contribution in [-0.4, -0.2) is 5.78 Å². The number of rotatable bonds is 5. The van der Waals surface area contributed by atoms with E-state index >= 15 is 0 Å². The second kappa shape index (κ2) is 7.44. The largest absolute Gasteiger partial charge is 0.295 e. The van der Waals surface area contributed by atoms with Crippen LogP contribution in [0.3, 0.4) is 0 Å². The number of hydrogen-bond acceptors (Lipinski definition) is 1. The Kier molecular flexibility index (Phi) is 5.43. The van der Waals surface area contributed by atoms with Gasteiger partial charge in [-0.2, -0.15) is 0 Å². The lowest BCUT2D eigenvalue weighted by atomic mass is 9.47. The van der Waals surface area contributed by atoms with Crippen molar-refractivity contribution in [3.05, 3.63) is 23.8 Å². The van der Waals surface area contributed by atoms with Crippen LogP contribution in [0.2, 0.25) is 0 Å². The summed E-state index contributed by atoms with van der Waals surface area (Å²) in [6.45, 7) is 12.2. The standard InChI is InChI=1S/C27H42O/c1-18(2)9-8-10-19(3)21-12-13-22-25-23(14-16-27(21,22)5)26(4)15-7-6-11-20(26)17-24(25)28/h6,11,17-19,21-23,25H,7-10,12-16H2,1-5H3. The molecule has 2 fully saturated rings. The maximum atomic E-state index is 13.3. The van der Waals surface area contributed by atoms with Gasteiger partial charge >= 0.3 is 0 Å². The van der Waals surface area contributed by atoms with Crippen LogP contribution in [0.15, 0.2) is 23.8 Å². The molecule has 0 heterocycles. The van der Waals surface area contributed by atoms with Crippen molar-refractivity contribution in [2.24, 2.45) is 46.3 Å². The Hall–Kier alpha value is -0.850. The highest BCUT2D eigenvalue weighted by Gasteiger charge is 2.60. The van der Waals surface area contributed by atoms with E-state index in [1.165, 1.54) is 63.4 Å². The third kappa shape index (κ3) is 3.16. The van der Waals surface area contributed by atoms with Gasteiger partial charge in [0.05, 0.1) is 0 Å². The van der Waals surface area contributed by atoms with Gasteiger partial charge in [-0.05, 0) is 90.6 Å². The number of fused-ring (bicyclic) bond motifs is 5. The molecule has 7 atom stereocenters. The summed E-state index contributed by atoms with van der Waals surface area (Å²) in [5.41, 5.74) is 1.97. The highest BCUT2D eigenvalue weighted by Crippen LogP contribution is 2.66. The Morgan fingerprint density at radius 3 is 2.57 bits per heavy atom. The molecule has 1 heteroatoms. The number of carbonyl (C=O) groups is 1. The molecule has 0 amide bonds. The first-order chi connectivity index (χ1) is 13.3. The van der Waals surface area contributed by atoms with E-state index in [2.05, 4.69) is 52.8 Å². The van der Waals surface area contributed by atoms with Crippen molar-refractivity contribution in [3.63, 3.8) is 0 Å². The van der Waals surface area contributed by atoms with E-state index in [-0.39, 0.29) is 5.41 Å². The van der Waals surface area contributed by atoms with Gasteiger partial charge in [-0.3, -0.25) is 4.79 Å². The zero-order valence-electron chi connectivity index (χ0n) is 19.0. The summed E-state index contributed by atoms with van der Waals surface area (Å²) in [6.07, 6.45) is 18.4. The monoisotopic (exact) mass is 382 g/mol. The van der Waals surface area contributed by atoms with E-state index in [0.29, 0.717) is 29.0 Å². The number of allylic oxidation sites excluding steroid dienone is 4. The lowest BCUT2D eigenvalue weighted by Gasteiger charge is -2.56. The maximum Gasteiger partial charge on any atom is 0.159 e. The first-order valence-electron chi connectivity index (χ1n) is 12.2. The van der Waals surface area contributed by atoms with Crippen LogP contribution < -0.4 is 0 Å². The minimum absolute atomic E-state index is 0.246. The summed E-state index contributed by atoms with van der Waals surface area (Å²) in [5.74, 6) is 4.42. The predicted octanol–water partition coefficient (Wildman–Crippen LogP) is 7.37. The van der Waals surface area contributed by atoms with E-state index in [1.54, 1.807) is 0 Å². The highest BCUT2D eigenvalue weighted by atomic mass is 16.1. The first-order valence-corrected chi connectivity index (χ1v) is 12.2. The number of ketones is 1. The van der Waals surface area contributed by atoms with Crippen LogP contribution in [0.4, 0.5) is 0 Å². The number of carbonyl (C=O) groups excluding carboxylic acids is 1. The Morgan fingerprint density at radius 2 is 1.82 bits per heavy atom.